The molecule has 4 rings (SSSR count). The average Bonchev–Trinajstić information content (AvgIpc) is 3.13. The first-order valence-electron chi connectivity index (χ1n) is 17.2. The number of carbonyl (C=O) groups excluding carboxylic acids is 1. The van der Waals surface area contributed by atoms with Crippen LogP contribution in [0.5, 0.6) is 0 Å². The normalized spacial score (nSPS) is 28.4. The molecule has 53 heavy (non-hydrogen) atoms. The van der Waals surface area contributed by atoms with E-state index in [9.17, 15) is 31.6 Å². The smallest absolute Gasteiger partial charge is 0.407 e. The standard InChI is InChI=1S/C34H46N10O9/c1-34(2,3)53-33(47)39-23-17-24(40-43-36)29(27(46)28(23)48-16-10-15-45)52-32-26(41-44-37)31(50-20-22-13-8-5-9-14-22)30(25(51-32)18-38-42-35)49-19-21-11-6-4-7-12-21/h4-9,11-14,23-32,45-46H,10,15-20H2,1-3H3,(H,39,47)/t23-,24?,25?,26?,27-,28?,29?,30+,31-,32+/m1/s1. The molecule has 286 valence electrons. The summed E-state index contributed by atoms with van der Waals surface area (Å²) in [6.45, 7) is 4.85. The molecule has 1 saturated heterocycles. The SMILES string of the molecule is CC(C)(C)OC(=O)N[C@@H]1CC(N=[N+]=[N-])C(O[C@@H]2OC(CN=[N+]=[N-])[C@H](OCc3ccccc3)[C@H](OCc3ccccc3)C2N=[N+]=[N-])[C@H](O)C1OCCCO. The van der Waals surface area contributed by atoms with Gasteiger partial charge in [0.15, 0.2) is 6.29 Å². The molecule has 1 heterocycles. The van der Waals surface area contributed by atoms with E-state index in [1.807, 2.05) is 60.7 Å². The molecule has 1 aliphatic carbocycles. The van der Waals surface area contributed by atoms with E-state index in [-0.39, 0.29) is 45.8 Å². The molecule has 1 aliphatic heterocycles. The van der Waals surface area contributed by atoms with Crippen molar-refractivity contribution in [3.63, 3.8) is 0 Å². The van der Waals surface area contributed by atoms with Gasteiger partial charge in [0.2, 0.25) is 0 Å². The number of aliphatic hydroxyl groups is 2. The molecule has 10 atom stereocenters. The minimum atomic E-state index is -1.56. The second kappa shape index (κ2) is 20.6. The number of hydrogen-bond acceptors (Lipinski definition) is 12. The number of ether oxygens (including phenoxy) is 6. The topological polar surface area (TPSA) is 271 Å². The Hall–Kier alpha value is -4.64. The lowest BCUT2D eigenvalue weighted by Gasteiger charge is -2.48. The molecule has 3 N–H and O–H groups in total. The molecule has 19 heteroatoms. The molecule has 19 nitrogen and oxygen atoms in total. The summed E-state index contributed by atoms with van der Waals surface area (Å²) in [7, 11) is 0. The molecule has 2 aromatic rings. The summed E-state index contributed by atoms with van der Waals surface area (Å²) in [5, 5.41) is 35.5. The minimum Gasteiger partial charge on any atom is -0.444 e. The number of amides is 1. The fraction of sp³-hybridized carbons (Fsp3) is 0.618. The number of azide groups is 3. The molecule has 2 fully saturated rings. The lowest BCUT2D eigenvalue weighted by molar-refractivity contribution is -0.301. The lowest BCUT2D eigenvalue weighted by Crippen LogP contribution is -2.65. The predicted octanol–water partition coefficient (Wildman–Crippen LogP) is 5.36. The first kappa shape index (κ1) is 41.1. The van der Waals surface area contributed by atoms with Crippen molar-refractivity contribution in [2.75, 3.05) is 19.8 Å². The Balaban J connectivity index is 1.69. The van der Waals surface area contributed by atoms with Gasteiger partial charge in [0, 0.05) is 27.9 Å². The van der Waals surface area contributed by atoms with Gasteiger partial charge in [0.25, 0.3) is 0 Å². The quantitative estimate of drug-likeness (QED) is 0.0814. The van der Waals surface area contributed by atoms with Crippen LogP contribution in [0.3, 0.4) is 0 Å². The largest absolute Gasteiger partial charge is 0.444 e. The highest BCUT2D eigenvalue weighted by molar-refractivity contribution is 5.68. The van der Waals surface area contributed by atoms with E-state index in [1.165, 1.54) is 0 Å². The summed E-state index contributed by atoms with van der Waals surface area (Å²) in [5.41, 5.74) is 29.4. The minimum absolute atomic E-state index is 0.00891. The molecule has 2 aliphatic rings. The van der Waals surface area contributed by atoms with Gasteiger partial charge in [-0.05, 0) is 61.3 Å². The van der Waals surface area contributed by atoms with Crippen LogP contribution in [0.2, 0.25) is 0 Å². The van der Waals surface area contributed by atoms with Crippen molar-refractivity contribution in [1.29, 1.82) is 0 Å². The van der Waals surface area contributed by atoms with Gasteiger partial charge in [-0.25, -0.2) is 4.79 Å². The van der Waals surface area contributed by atoms with Crippen molar-refractivity contribution in [3.8, 4) is 0 Å². The molecule has 1 saturated carbocycles. The molecule has 1 amide bonds. The number of hydrogen-bond donors (Lipinski definition) is 3. The van der Waals surface area contributed by atoms with Crippen LogP contribution in [-0.4, -0.2) is 103 Å². The maximum Gasteiger partial charge on any atom is 0.407 e. The van der Waals surface area contributed by atoms with Crippen LogP contribution in [0, 0.1) is 0 Å². The molecular formula is C34H46N10O9. The van der Waals surface area contributed by atoms with Crippen molar-refractivity contribution < 1.29 is 43.4 Å². The van der Waals surface area contributed by atoms with Crippen LogP contribution in [0.15, 0.2) is 76.0 Å². The van der Waals surface area contributed by atoms with Crippen molar-refractivity contribution in [1.82, 2.24) is 5.32 Å². The Labute approximate surface area is 306 Å². The van der Waals surface area contributed by atoms with E-state index in [2.05, 4.69) is 35.4 Å². The summed E-state index contributed by atoms with van der Waals surface area (Å²) < 4.78 is 36.9. The third-order valence-corrected chi connectivity index (χ3v) is 8.45. The van der Waals surface area contributed by atoms with Gasteiger partial charge in [-0.15, -0.1) is 0 Å². The number of alkyl carbamates (subject to hydrolysis) is 1. The van der Waals surface area contributed by atoms with Crippen LogP contribution < -0.4 is 5.32 Å². The molecule has 0 radical (unpaired) electrons. The zero-order valence-electron chi connectivity index (χ0n) is 29.8. The molecule has 5 unspecified atom stereocenters. The van der Waals surface area contributed by atoms with Gasteiger partial charge in [0.1, 0.15) is 36.1 Å². The number of benzene rings is 2. The second-order valence-electron chi connectivity index (χ2n) is 13.4. The van der Waals surface area contributed by atoms with E-state index in [0.29, 0.717) is 0 Å². The molecule has 0 bridgehead atoms. The Morgan fingerprint density at radius 1 is 0.887 bits per heavy atom. The van der Waals surface area contributed by atoms with Gasteiger partial charge in [-0.2, -0.15) is 0 Å². The highest BCUT2D eigenvalue weighted by Gasteiger charge is 2.52. The Bertz CT molecular complexity index is 1580. The molecule has 0 spiro atoms. The maximum absolute atomic E-state index is 12.8. The summed E-state index contributed by atoms with van der Waals surface area (Å²) in [4.78, 5) is 21.7. The first-order valence-corrected chi connectivity index (χ1v) is 17.2. The molecular weight excluding hydrogens is 692 g/mol. The Kier molecular flexibility index (Phi) is 16.0. The van der Waals surface area contributed by atoms with Gasteiger partial charge in [-0.3, -0.25) is 0 Å². The van der Waals surface area contributed by atoms with Crippen molar-refractivity contribution >= 4 is 6.09 Å². The van der Waals surface area contributed by atoms with Crippen molar-refractivity contribution in [3.05, 3.63) is 103 Å². The van der Waals surface area contributed by atoms with E-state index < -0.39 is 72.7 Å². The summed E-state index contributed by atoms with van der Waals surface area (Å²) in [6, 6.07) is 15.3. The Morgan fingerprint density at radius 2 is 1.51 bits per heavy atom. The van der Waals surface area contributed by atoms with Crippen LogP contribution in [0.1, 0.15) is 44.7 Å². The fourth-order valence-corrected chi connectivity index (χ4v) is 6.16. The third-order valence-electron chi connectivity index (χ3n) is 8.45. The van der Waals surface area contributed by atoms with Crippen LogP contribution in [0.4, 0.5) is 4.79 Å². The zero-order chi connectivity index (χ0) is 38.2. The van der Waals surface area contributed by atoms with E-state index >= 15 is 0 Å². The van der Waals surface area contributed by atoms with Gasteiger partial charge < -0.3 is 44.0 Å². The van der Waals surface area contributed by atoms with Crippen LogP contribution in [0.25, 0.3) is 31.3 Å². The molecule has 2 aromatic carbocycles. The lowest BCUT2D eigenvalue weighted by atomic mass is 9.83. The highest BCUT2D eigenvalue weighted by Crippen LogP contribution is 2.35. The summed E-state index contributed by atoms with van der Waals surface area (Å²) in [6.07, 6.45) is -9.07. The maximum atomic E-state index is 12.8. The first-order chi connectivity index (χ1) is 25.6. The monoisotopic (exact) mass is 738 g/mol. The zero-order valence-corrected chi connectivity index (χ0v) is 29.8. The van der Waals surface area contributed by atoms with Crippen LogP contribution >= 0.6 is 0 Å². The van der Waals surface area contributed by atoms with E-state index in [1.54, 1.807) is 20.8 Å². The van der Waals surface area contributed by atoms with Gasteiger partial charge in [-0.1, -0.05) is 76.0 Å². The van der Waals surface area contributed by atoms with Gasteiger partial charge >= 0.3 is 6.09 Å². The average molecular weight is 739 g/mol. The Morgan fingerprint density at radius 3 is 2.08 bits per heavy atom. The van der Waals surface area contributed by atoms with E-state index in [4.69, 9.17) is 28.4 Å². The number of carbonyl (C=O) groups is 1. The number of aliphatic hydroxyl groups excluding tert-OH is 2. The predicted molar refractivity (Wildman–Crippen MR) is 189 cm³/mol. The number of nitrogens with zero attached hydrogens (tertiary/aromatic N) is 9. The van der Waals surface area contributed by atoms with Crippen LogP contribution in [-0.2, 0) is 41.6 Å². The summed E-state index contributed by atoms with van der Waals surface area (Å²) >= 11 is 0. The second-order valence-corrected chi connectivity index (χ2v) is 13.4. The molecule has 0 aromatic heterocycles. The van der Waals surface area contributed by atoms with Crippen molar-refractivity contribution in [2.45, 2.75) is 113 Å². The van der Waals surface area contributed by atoms with Crippen molar-refractivity contribution in [2.24, 2.45) is 15.3 Å². The highest BCUT2D eigenvalue weighted by atomic mass is 16.7. The van der Waals surface area contributed by atoms with E-state index in [0.717, 1.165) is 11.1 Å². The third kappa shape index (κ3) is 12.2. The summed E-state index contributed by atoms with van der Waals surface area (Å²) in [5.74, 6) is 0. The van der Waals surface area contributed by atoms with Gasteiger partial charge in [0.05, 0.1) is 44.1 Å². The number of nitrogens with one attached hydrogen (secondary N) is 1. The number of rotatable bonds is 17. The fourth-order valence-electron chi connectivity index (χ4n) is 6.16.